The number of rotatable bonds is 6. The lowest BCUT2D eigenvalue weighted by atomic mass is 10.0. The second-order valence-corrected chi connectivity index (χ2v) is 9.75. The number of nitrogens with one attached hydrogen (secondary N) is 2. The molecule has 5 aromatic rings. The number of aromatic amines is 1. The number of fused-ring (bicyclic) bond motifs is 1. The number of H-pyrrole nitrogens is 1. The van der Waals surface area contributed by atoms with Crippen molar-refractivity contribution in [2.75, 3.05) is 17.3 Å². The number of alkyl halides is 3. The molecule has 11 heteroatoms. The Labute approximate surface area is 244 Å². The van der Waals surface area contributed by atoms with Crippen molar-refractivity contribution in [3.05, 3.63) is 108 Å². The zero-order valence-corrected chi connectivity index (χ0v) is 23.3. The van der Waals surface area contributed by atoms with Crippen LogP contribution in [0.3, 0.4) is 0 Å². The van der Waals surface area contributed by atoms with Gasteiger partial charge in [-0.05, 0) is 66.6 Å². The topological polar surface area (TPSA) is 98.3 Å². The fourth-order valence-corrected chi connectivity index (χ4v) is 4.60. The first-order chi connectivity index (χ1) is 19.9. The van der Waals surface area contributed by atoms with Crippen molar-refractivity contribution in [1.82, 2.24) is 9.97 Å². The Bertz CT molecular complexity index is 1720. The molecule has 0 spiro atoms. The van der Waals surface area contributed by atoms with Gasteiger partial charge in [-0.1, -0.05) is 41.9 Å². The monoisotopic (exact) mass is 594 g/mol. The van der Waals surface area contributed by atoms with E-state index in [2.05, 4.69) is 20.2 Å². The minimum absolute atomic E-state index is 0.0664. The minimum Gasteiger partial charge on any atom is -0.475 e. The van der Waals surface area contributed by atoms with E-state index in [0.717, 1.165) is 50.3 Å². The lowest BCUT2D eigenvalue weighted by Crippen LogP contribution is -2.21. The lowest BCUT2D eigenvalue weighted by Gasteiger charge is -2.23. The van der Waals surface area contributed by atoms with Crippen molar-refractivity contribution in [1.29, 1.82) is 0 Å². The number of aromatic nitrogens is 2. The Hall–Kier alpha value is -4.83. The van der Waals surface area contributed by atoms with Crippen LogP contribution in [0.2, 0.25) is 5.02 Å². The Morgan fingerprint density at radius 2 is 1.76 bits per heavy atom. The molecule has 42 heavy (non-hydrogen) atoms. The Morgan fingerprint density at radius 1 is 1.02 bits per heavy atom. The average molecular weight is 595 g/mol. The molecule has 0 aliphatic heterocycles. The molecule has 0 radical (unpaired) electrons. The third-order valence-electron chi connectivity index (χ3n) is 6.42. The van der Waals surface area contributed by atoms with E-state index in [1.54, 1.807) is 6.20 Å². The van der Waals surface area contributed by atoms with E-state index in [1.807, 2.05) is 99.0 Å². The van der Waals surface area contributed by atoms with Gasteiger partial charge in [-0.2, -0.15) is 13.2 Å². The molecule has 0 saturated heterocycles. The molecule has 2 heterocycles. The van der Waals surface area contributed by atoms with E-state index >= 15 is 0 Å². The molecule has 216 valence electrons. The maximum atomic E-state index is 13.1. The molecule has 0 aliphatic carbocycles. The first-order valence-electron chi connectivity index (χ1n) is 12.6. The summed E-state index contributed by atoms with van der Waals surface area (Å²) in [4.78, 5) is 31.6. The van der Waals surface area contributed by atoms with Crippen molar-refractivity contribution in [2.45, 2.75) is 19.5 Å². The number of hydrogen-bond acceptors (Lipinski definition) is 4. The fraction of sp³-hybridized carbons (Fsp3) is 0.129. The highest BCUT2D eigenvalue weighted by Gasteiger charge is 2.38. The van der Waals surface area contributed by atoms with Crippen molar-refractivity contribution < 1.29 is 27.9 Å². The number of pyridine rings is 1. The molecule has 0 aliphatic rings. The van der Waals surface area contributed by atoms with E-state index in [-0.39, 0.29) is 5.91 Å². The molecule has 7 nitrogen and oxygen atoms in total. The number of nitrogens with zero attached hydrogens (tertiary/aromatic N) is 2. The third kappa shape index (κ3) is 7.27. The molecular formula is C31H26ClF3N4O3. The number of aliphatic carboxylic acids is 1. The standard InChI is InChI=1S/C29H25ClN4O.C2HF3O2/c1-19-25(24-10-3-4-11-27(24)32-19)17-29(35)33-22-12-13-28(34(2)23-9-6-14-31-18-23)26(16-22)20-7-5-8-21(30)15-20;3-2(4,5)1(6)7/h3-16,18,32H,17H2,1-2H3,(H,33,35);(H,6,7). The third-order valence-corrected chi connectivity index (χ3v) is 6.65. The van der Waals surface area contributed by atoms with Gasteiger partial charge in [0.25, 0.3) is 0 Å². The van der Waals surface area contributed by atoms with Crippen LogP contribution in [0.1, 0.15) is 11.3 Å². The van der Waals surface area contributed by atoms with Crippen molar-refractivity contribution in [2.24, 2.45) is 0 Å². The van der Waals surface area contributed by atoms with Gasteiger partial charge in [0.05, 0.1) is 18.3 Å². The highest BCUT2D eigenvalue weighted by Crippen LogP contribution is 2.37. The van der Waals surface area contributed by atoms with Crippen LogP contribution in [-0.4, -0.2) is 40.2 Å². The van der Waals surface area contributed by atoms with Gasteiger partial charge in [0.2, 0.25) is 5.91 Å². The second-order valence-electron chi connectivity index (χ2n) is 9.31. The number of aryl methyl sites for hydroxylation is 1. The average Bonchev–Trinajstić information content (AvgIpc) is 3.27. The number of carbonyl (C=O) groups is 2. The van der Waals surface area contributed by atoms with E-state index in [1.165, 1.54) is 0 Å². The number of amides is 1. The first-order valence-corrected chi connectivity index (χ1v) is 13.0. The maximum absolute atomic E-state index is 13.1. The Balaban J connectivity index is 0.000000517. The summed E-state index contributed by atoms with van der Waals surface area (Å²) in [5, 5.41) is 11.9. The predicted octanol–water partition coefficient (Wildman–Crippen LogP) is 7.77. The number of para-hydroxylation sites is 1. The predicted molar refractivity (Wildman–Crippen MR) is 158 cm³/mol. The summed E-state index contributed by atoms with van der Waals surface area (Å²) in [6.07, 6.45) is -1.22. The Morgan fingerprint density at radius 3 is 2.43 bits per heavy atom. The van der Waals surface area contributed by atoms with Crippen LogP contribution in [0, 0.1) is 6.92 Å². The molecule has 3 N–H and O–H groups in total. The molecule has 0 atom stereocenters. The molecule has 5 rings (SSSR count). The van der Waals surface area contributed by atoms with Gasteiger partial charge in [-0.15, -0.1) is 0 Å². The molecule has 0 fully saturated rings. The van der Waals surface area contributed by atoms with Crippen LogP contribution < -0.4 is 10.2 Å². The van der Waals surface area contributed by atoms with Crippen LogP contribution in [-0.2, 0) is 16.0 Å². The van der Waals surface area contributed by atoms with Crippen LogP contribution in [0.4, 0.5) is 30.2 Å². The van der Waals surface area contributed by atoms with E-state index < -0.39 is 12.1 Å². The molecular weight excluding hydrogens is 569 g/mol. The van der Waals surface area contributed by atoms with Gasteiger partial charge in [-0.3, -0.25) is 9.78 Å². The van der Waals surface area contributed by atoms with Gasteiger partial charge in [-0.25, -0.2) is 4.79 Å². The van der Waals surface area contributed by atoms with Crippen LogP contribution in [0.25, 0.3) is 22.0 Å². The van der Waals surface area contributed by atoms with Gasteiger partial charge in [0.15, 0.2) is 0 Å². The number of benzene rings is 3. The highest BCUT2D eigenvalue weighted by atomic mass is 35.5. The largest absolute Gasteiger partial charge is 0.490 e. The van der Waals surface area contributed by atoms with Gasteiger partial charge >= 0.3 is 12.1 Å². The number of halogens is 4. The summed E-state index contributed by atoms with van der Waals surface area (Å²) in [5.74, 6) is -2.82. The number of anilines is 3. The SMILES string of the molecule is Cc1[nH]c2ccccc2c1CC(=O)Nc1ccc(N(C)c2cccnc2)c(-c2cccc(Cl)c2)c1.O=C(O)C(F)(F)F. The zero-order valence-electron chi connectivity index (χ0n) is 22.5. The lowest BCUT2D eigenvalue weighted by molar-refractivity contribution is -0.192. The molecule has 0 saturated carbocycles. The maximum Gasteiger partial charge on any atom is 0.490 e. The van der Waals surface area contributed by atoms with Crippen molar-refractivity contribution >= 4 is 51.4 Å². The van der Waals surface area contributed by atoms with Gasteiger partial charge in [0, 0.05) is 51.8 Å². The summed E-state index contributed by atoms with van der Waals surface area (Å²) >= 11 is 6.31. The molecule has 3 aromatic carbocycles. The Kier molecular flexibility index (Phi) is 9.17. The van der Waals surface area contributed by atoms with Crippen LogP contribution in [0.15, 0.2) is 91.3 Å². The molecule has 2 aromatic heterocycles. The summed E-state index contributed by atoms with van der Waals surface area (Å²) in [5.41, 5.74) is 7.65. The first kappa shape index (κ1) is 30.1. The molecule has 1 amide bonds. The van der Waals surface area contributed by atoms with Crippen molar-refractivity contribution in [3.8, 4) is 11.1 Å². The second kappa shape index (κ2) is 12.8. The number of carboxylic acids is 1. The normalized spacial score (nSPS) is 11.0. The number of carbonyl (C=O) groups excluding carboxylic acids is 1. The van der Waals surface area contributed by atoms with E-state index in [0.29, 0.717) is 11.4 Å². The number of carboxylic acid groups (broad SMARTS) is 1. The zero-order chi connectivity index (χ0) is 30.4. The van der Waals surface area contributed by atoms with Crippen LogP contribution in [0.5, 0.6) is 0 Å². The summed E-state index contributed by atoms with van der Waals surface area (Å²) in [6, 6.07) is 25.6. The summed E-state index contributed by atoms with van der Waals surface area (Å²) in [6.45, 7) is 2.00. The van der Waals surface area contributed by atoms with E-state index in [9.17, 15) is 18.0 Å². The van der Waals surface area contributed by atoms with Gasteiger partial charge < -0.3 is 20.3 Å². The van der Waals surface area contributed by atoms with Gasteiger partial charge in [0.1, 0.15) is 0 Å². The van der Waals surface area contributed by atoms with Crippen LogP contribution >= 0.6 is 11.6 Å². The van der Waals surface area contributed by atoms with Crippen molar-refractivity contribution in [3.63, 3.8) is 0 Å². The minimum atomic E-state index is -5.08. The highest BCUT2D eigenvalue weighted by molar-refractivity contribution is 6.30. The summed E-state index contributed by atoms with van der Waals surface area (Å²) in [7, 11) is 2.00. The van der Waals surface area contributed by atoms with E-state index in [4.69, 9.17) is 21.5 Å². The smallest absolute Gasteiger partial charge is 0.475 e. The fourth-order valence-electron chi connectivity index (χ4n) is 4.41. The number of hydrogen-bond donors (Lipinski definition) is 3. The molecule has 0 bridgehead atoms. The summed E-state index contributed by atoms with van der Waals surface area (Å²) < 4.78 is 31.7. The quantitative estimate of drug-likeness (QED) is 0.186. The molecule has 0 unspecified atom stereocenters.